The molecule has 0 aliphatic carbocycles. The Balaban J connectivity index is 1.84. The predicted octanol–water partition coefficient (Wildman–Crippen LogP) is 3.74. The summed E-state index contributed by atoms with van der Waals surface area (Å²) in [5, 5.41) is 28.5. The van der Waals surface area contributed by atoms with Gasteiger partial charge in [-0.1, -0.05) is 70.4 Å². The quantitative estimate of drug-likeness (QED) is 0.262. The fourth-order valence-electron chi connectivity index (χ4n) is 3.50. The molecule has 160 valence electrons. The van der Waals surface area contributed by atoms with Gasteiger partial charge in [-0.25, -0.2) is 0 Å². The number of unbranched alkanes of at least 4 members (excludes halogenated alkanes) is 10. The van der Waals surface area contributed by atoms with Crippen LogP contribution in [0.3, 0.4) is 0 Å². The van der Waals surface area contributed by atoms with E-state index in [1.54, 1.807) is 0 Å². The first-order valence-corrected chi connectivity index (χ1v) is 11.1. The maximum Gasteiger partial charge on any atom is 0.114 e. The van der Waals surface area contributed by atoms with E-state index in [9.17, 15) is 10.2 Å². The lowest BCUT2D eigenvalue weighted by atomic mass is 10.1. The van der Waals surface area contributed by atoms with Gasteiger partial charge >= 0.3 is 0 Å². The fourth-order valence-corrected chi connectivity index (χ4v) is 3.50. The van der Waals surface area contributed by atoms with Gasteiger partial charge in [0.05, 0.1) is 13.2 Å². The Kier molecular flexibility index (Phi) is 15.0. The highest BCUT2D eigenvalue weighted by atomic mass is 16.6. The van der Waals surface area contributed by atoms with E-state index in [4.69, 9.17) is 14.6 Å². The molecule has 1 aliphatic rings. The Hall–Kier alpha value is -0.460. The van der Waals surface area contributed by atoms with Crippen molar-refractivity contribution in [1.82, 2.24) is 0 Å². The Morgan fingerprint density at radius 3 is 2.15 bits per heavy atom. The van der Waals surface area contributed by atoms with Crippen LogP contribution in [0.2, 0.25) is 0 Å². The maximum atomic E-state index is 10.0. The highest BCUT2D eigenvalue weighted by molar-refractivity contribution is 4.88. The number of ether oxygens (including phenoxy) is 2. The van der Waals surface area contributed by atoms with Crippen molar-refractivity contribution < 1.29 is 24.8 Å². The van der Waals surface area contributed by atoms with E-state index in [-0.39, 0.29) is 6.61 Å². The molecule has 3 N–H and O–H groups in total. The molecule has 0 unspecified atom stereocenters. The molecule has 0 radical (unpaired) electrons. The maximum absolute atomic E-state index is 10.0. The second-order valence-corrected chi connectivity index (χ2v) is 7.65. The van der Waals surface area contributed by atoms with Crippen LogP contribution in [0.1, 0.15) is 84.0 Å². The van der Waals surface area contributed by atoms with E-state index in [1.165, 1.54) is 57.8 Å². The Labute approximate surface area is 165 Å². The molecule has 0 spiro atoms. The molecule has 0 bridgehead atoms. The molecule has 27 heavy (non-hydrogen) atoms. The molecule has 5 nitrogen and oxygen atoms in total. The molecule has 0 aromatic carbocycles. The van der Waals surface area contributed by atoms with Crippen LogP contribution in [0.25, 0.3) is 0 Å². The smallest absolute Gasteiger partial charge is 0.114 e. The number of rotatable bonds is 17. The summed E-state index contributed by atoms with van der Waals surface area (Å²) in [5.74, 6) is 0. The van der Waals surface area contributed by atoms with Gasteiger partial charge in [0.1, 0.15) is 24.4 Å². The van der Waals surface area contributed by atoms with E-state index in [0.717, 1.165) is 19.3 Å². The first-order valence-electron chi connectivity index (χ1n) is 11.1. The zero-order valence-corrected chi connectivity index (χ0v) is 17.2. The average molecular weight is 387 g/mol. The topological polar surface area (TPSA) is 79.2 Å². The van der Waals surface area contributed by atoms with E-state index >= 15 is 0 Å². The lowest BCUT2D eigenvalue weighted by molar-refractivity contribution is -0.0730. The molecular weight excluding hydrogens is 344 g/mol. The van der Waals surface area contributed by atoms with Crippen molar-refractivity contribution >= 4 is 0 Å². The SMILES string of the molecule is CC/C=C/CCCCCCCCCCCCO[C@H]1CO[C@@H]([C@H](O)CO)[C@H]1O. The number of allylic oxidation sites excluding steroid dienone is 2. The van der Waals surface area contributed by atoms with Crippen molar-refractivity contribution in [2.75, 3.05) is 19.8 Å². The minimum atomic E-state index is -1.05. The predicted molar refractivity (Wildman–Crippen MR) is 109 cm³/mol. The van der Waals surface area contributed by atoms with Crippen LogP contribution in [0.5, 0.6) is 0 Å². The van der Waals surface area contributed by atoms with Gasteiger partial charge in [-0.05, 0) is 25.7 Å². The minimum absolute atomic E-state index is 0.276. The van der Waals surface area contributed by atoms with Crippen molar-refractivity contribution in [3.8, 4) is 0 Å². The summed E-state index contributed by atoms with van der Waals surface area (Å²) in [5.41, 5.74) is 0. The van der Waals surface area contributed by atoms with Gasteiger partial charge in [-0.15, -0.1) is 0 Å². The lowest BCUT2D eigenvalue weighted by Crippen LogP contribution is -2.41. The highest BCUT2D eigenvalue weighted by Gasteiger charge is 2.40. The molecule has 1 saturated heterocycles. The average Bonchev–Trinajstić information content (AvgIpc) is 3.04. The first kappa shape index (κ1) is 24.6. The molecule has 4 atom stereocenters. The summed E-state index contributed by atoms with van der Waals surface area (Å²) < 4.78 is 11.0. The molecular formula is C22H42O5. The Bertz CT molecular complexity index is 361. The Morgan fingerprint density at radius 2 is 1.56 bits per heavy atom. The highest BCUT2D eigenvalue weighted by Crippen LogP contribution is 2.20. The molecule has 1 fully saturated rings. The van der Waals surface area contributed by atoms with E-state index in [2.05, 4.69) is 19.1 Å². The number of hydrogen-bond donors (Lipinski definition) is 3. The standard InChI is InChI=1S/C22H42O5/c1-2-3-4-5-6-7-8-9-10-11-12-13-14-15-16-26-20-18-27-22(21(20)25)19(24)17-23/h3-4,19-25H,2,5-18H2,1H3/b4-3+/t19-,20+,21+,22+/m1/s1. The van der Waals surface area contributed by atoms with Crippen LogP contribution < -0.4 is 0 Å². The zero-order chi connectivity index (χ0) is 19.7. The summed E-state index contributed by atoms with van der Waals surface area (Å²) in [6, 6.07) is 0. The van der Waals surface area contributed by atoms with Gasteiger partial charge in [-0.3, -0.25) is 0 Å². The van der Waals surface area contributed by atoms with Crippen LogP contribution >= 0.6 is 0 Å². The molecule has 1 heterocycles. The zero-order valence-electron chi connectivity index (χ0n) is 17.2. The molecule has 1 rings (SSSR count). The van der Waals surface area contributed by atoms with Crippen molar-refractivity contribution in [3.05, 3.63) is 12.2 Å². The number of aliphatic hydroxyl groups is 3. The fraction of sp³-hybridized carbons (Fsp3) is 0.909. The summed E-state index contributed by atoms with van der Waals surface area (Å²) in [4.78, 5) is 0. The van der Waals surface area contributed by atoms with Crippen LogP contribution in [0.4, 0.5) is 0 Å². The van der Waals surface area contributed by atoms with Crippen molar-refractivity contribution in [2.45, 2.75) is 108 Å². The molecule has 1 aliphatic heterocycles. The van der Waals surface area contributed by atoms with Crippen LogP contribution in [-0.4, -0.2) is 59.6 Å². The van der Waals surface area contributed by atoms with E-state index in [1.807, 2.05) is 0 Å². The third-order valence-electron chi connectivity index (χ3n) is 5.24. The van der Waals surface area contributed by atoms with Crippen LogP contribution in [0.15, 0.2) is 12.2 Å². The third-order valence-corrected chi connectivity index (χ3v) is 5.24. The third kappa shape index (κ3) is 11.2. The van der Waals surface area contributed by atoms with Crippen molar-refractivity contribution in [1.29, 1.82) is 0 Å². The first-order chi connectivity index (χ1) is 13.2. The van der Waals surface area contributed by atoms with Gasteiger partial charge in [0.15, 0.2) is 0 Å². The number of hydrogen-bond acceptors (Lipinski definition) is 5. The van der Waals surface area contributed by atoms with E-state index in [0.29, 0.717) is 6.61 Å². The summed E-state index contributed by atoms with van der Waals surface area (Å²) >= 11 is 0. The van der Waals surface area contributed by atoms with E-state index < -0.39 is 31.0 Å². The molecule has 0 aromatic heterocycles. The van der Waals surface area contributed by atoms with Gasteiger partial charge in [0.25, 0.3) is 0 Å². The van der Waals surface area contributed by atoms with Crippen LogP contribution in [0, 0.1) is 0 Å². The second-order valence-electron chi connectivity index (χ2n) is 7.65. The van der Waals surface area contributed by atoms with Crippen LogP contribution in [-0.2, 0) is 9.47 Å². The Morgan fingerprint density at radius 1 is 0.963 bits per heavy atom. The normalized spacial score (nSPS) is 24.1. The van der Waals surface area contributed by atoms with Gasteiger partial charge in [-0.2, -0.15) is 0 Å². The molecule has 0 amide bonds. The number of aliphatic hydroxyl groups excluding tert-OH is 3. The summed E-state index contributed by atoms with van der Waals surface area (Å²) in [6.07, 6.45) is 16.7. The van der Waals surface area contributed by atoms with Crippen molar-refractivity contribution in [3.63, 3.8) is 0 Å². The largest absolute Gasteiger partial charge is 0.394 e. The molecule has 5 heteroatoms. The second kappa shape index (κ2) is 16.5. The minimum Gasteiger partial charge on any atom is -0.394 e. The van der Waals surface area contributed by atoms with Gasteiger partial charge < -0.3 is 24.8 Å². The summed E-state index contributed by atoms with van der Waals surface area (Å²) in [6.45, 7) is 2.65. The monoisotopic (exact) mass is 386 g/mol. The lowest BCUT2D eigenvalue weighted by Gasteiger charge is -2.20. The van der Waals surface area contributed by atoms with Gasteiger partial charge in [0.2, 0.25) is 0 Å². The molecule has 0 aromatic rings. The summed E-state index contributed by atoms with van der Waals surface area (Å²) in [7, 11) is 0. The van der Waals surface area contributed by atoms with Crippen molar-refractivity contribution in [2.24, 2.45) is 0 Å². The molecule has 0 saturated carbocycles. The van der Waals surface area contributed by atoms with Gasteiger partial charge in [0, 0.05) is 6.61 Å².